The fourth-order valence-corrected chi connectivity index (χ4v) is 3.55. The van der Waals surface area contributed by atoms with E-state index in [2.05, 4.69) is 26.1 Å². The molecule has 3 rings (SSSR count). The molecule has 0 saturated heterocycles. The molecule has 1 heterocycles. The molecule has 0 N–H and O–H groups in total. The van der Waals surface area contributed by atoms with Crippen LogP contribution < -0.4 is 4.90 Å². The van der Waals surface area contributed by atoms with E-state index >= 15 is 0 Å². The van der Waals surface area contributed by atoms with Crippen molar-refractivity contribution in [2.45, 2.75) is 12.8 Å². The summed E-state index contributed by atoms with van der Waals surface area (Å²) in [4.78, 5) is 26.0. The van der Waals surface area contributed by atoms with Gasteiger partial charge in [0.25, 0.3) is 0 Å². The molecule has 5 nitrogen and oxygen atoms in total. The van der Waals surface area contributed by atoms with Gasteiger partial charge >= 0.3 is 0 Å². The number of carbonyl (C=O) groups is 2. The molecule has 0 aliphatic heterocycles. The number of Topliss-reactive ketones (excluding diaryl/α,β-unsaturated/α-hetero) is 1. The molecule has 27 heavy (non-hydrogen) atoms. The minimum Gasteiger partial charge on any atom is -0.294 e. The fraction of sp³-hybridized carbons (Fsp3) is 0.158. The van der Waals surface area contributed by atoms with E-state index in [4.69, 9.17) is 11.6 Å². The largest absolute Gasteiger partial charge is 0.294 e. The van der Waals surface area contributed by atoms with E-state index in [0.29, 0.717) is 15.7 Å². The Labute approximate surface area is 174 Å². The Morgan fingerprint density at radius 2 is 1.70 bits per heavy atom. The van der Waals surface area contributed by atoms with Crippen molar-refractivity contribution in [3.8, 4) is 10.6 Å². The summed E-state index contributed by atoms with van der Waals surface area (Å²) in [6.07, 6.45) is 0.230. The van der Waals surface area contributed by atoms with Gasteiger partial charge < -0.3 is 0 Å². The molecule has 0 saturated carbocycles. The van der Waals surface area contributed by atoms with Crippen LogP contribution in [0.5, 0.6) is 0 Å². The van der Waals surface area contributed by atoms with Crippen molar-refractivity contribution in [1.82, 2.24) is 10.2 Å². The number of amides is 1. The number of rotatable bonds is 6. The maximum atomic E-state index is 12.4. The van der Waals surface area contributed by atoms with Gasteiger partial charge in [-0.3, -0.25) is 14.5 Å². The zero-order valence-electron chi connectivity index (χ0n) is 14.4. The zero-order chi connectivity index (χ0) is 19.4. The van der Waals surface area contributed by atoms with Gasteiger partial charge in [-0.1, -0.05) is 51.0 Å². The van der Waals surface area contributed by atoms with Crippen LogP contribution in [0.2, 0.25) is 5.02 Å². The van der Waals surface area contributed by atoms with Gasteiger partial charge in [0.2, 0.25) is 11.0 Å². The van der Waals surface area contributed by atoms with Gasteiger partial charge in [-0.2, -0.15) is 0 Å². The average molecular weight is 465 g/mol. The third-order valence-corrected chi connectivity index (χ3v) is 5.73. The topological polar surface area (TPSA) is 63.2 Å². The van der Waals surface area contributed by atoms with Crippen LogP contribution in [0.4, 0.5) is 5.13 Å². The van der Waals surface area contributed by atoms with Crippen molar-refractivity contribution in [3.63, 3.8) is 0 Å². The molecule has 0 aliphatic carbocycles. The second-order valence-electron chi connectivity index (χ2n) is 5.78. The molecular formula is C19H15BrClN3O2S. The highest BCUT2D eigenvalue weighted by molar-refractivity contribution is 9.10. The van der Waals surface area contributed by atoms with Crippen molar-refractivity contribution in [2.24, 2.45) is 0 Å². The van der Waals surface area contributed by atoms with Crippen molar-refractivity contribution in [2.75, 3.05) is 11.9 Å². The van der Waals surface area contributed by atoms with Gasteiger partial charge in [0.15, 0.2) is 5.78 Å². The monoisotopic (exact) mass is 463 g/mol. The summed E-state index contributed by atoms with van der Waals surface area (Å²) in [6.45, 7) is 0. The van der Waals surface area contributed by atoms with Gasteiger partial charge in [-0.05, 0) is 36.4 Å². The van der Waals surface area contributed by atoms with Crippen LogP contribution in [-0.2, 0) is 4.79 Å². The molecule has 0 atom stereocenters. The Balaban J connectivity index is 1.61. The van der Waals surface area contributed by atoms with E-state index in [9.17, 15) is 9.59 Å². The van der Waals surface area contributed by atoms with Crippen LogP contribution in [0.1, 0.15) is 23.2 Å². The molecule has 0 spiro atoms. The second kappa shape index (κ2) is 8.73. The Kier molecular flexibility index (Phi) is 6.36. The first kappa shape index (κ1) is 19.7. The van der Waals surface area contributed by atoms with Crippen LogP contribution in [0.3, 0.4) is 0 Å². The maximum absolute atomic E-state index is 12.4. The van der Waals surface area contributed by atoms with E-state index in [1.54, 1.807) is 31.3 Å². The van der Waals surface area contributed by atoms with Crippen LogP contribution >= 0.6 is 38.9 Å². The molecule has 0 fully saturated rings. The molecule has 138 valence electrons. The summed E-state index contributed by atoms with van der Waals surface area (Å²) in [5.41, 5.74) is 1.48. The third-order valence-electron chi connectivity index (χ3n) is 3.90. The minimum absolute atomic E-state index is 0.0961. The maximum Gasteiger partial charge on any atom is 0.229 e. The molecule has 1 aromatic heterocycles. The van der Waals surface area contributed by atoms with E-state index < -0.39 is 0 Å². The molecule has 8 heteroatoms. The van der Waals surface area contributed by atoms with Crippen molar-refractivity contribution >= 4 is 55.7 Å². The van der Waals surface area contributed by atoms with Crippen LogP contribution in [0, 0.1) is 0 Å². The number of hydrogen-bond donors (Lipinski definition) is 0. The van der Waals surface area contributed by atoms with Crippen LogP contribution in [0.15, 0.2) is 53.0 Å². The number of anilines is 1. The van der Waals surface area contributed by atoms with Gasteiger partial charge in [0, 0.05) is 40.5 Å². The first-order valence-electron chi connectivity index (χ1n) is 8.09. The summed E-state index contributed by atoms with van der Waals surface area (Å²) in [5.74, 6) is -0.281. The van der Waals surface area contributed by atoms with E-state index in [-0.39, 0.29) is 24.5 Å². The van der Waals surface area contributed by atoms with E-state index in [1.165, 1.54) is 16.2 Å². The first-order chi connectivity index (χ1) is 12.9. The lowest BCUT2D eigenvalue weighted by atomic mass is 10.1. The molecule has 0 radical (unpaired) electrons. The summed E-state index contributed by atoms with van der Waals surface area (Å²) < 4.78 is 0.980. The summed E-state index contributed by atoms with van der Waals surface area (Å²) in [7, 11) is 1.64. The van der Waals surface area contributed by atoms with Crippen molar-refractivity contribution in [3.05, 3.63) is 63.6 Å². The summed E-state index contributed by atoms with van der Waals surface area (Å²) in [5, 5.41) is 10.0. The average Bonchev–Trinajstić information content (AvgIpc) is 3.16. The Hall–Kier alpha value is -2.09. The van der Waals surface area contributed by atoms with Gasteiger partial charge in [-0.25, -0.2) is 0 Å². The lowest BCUT2D eigenvalue weighted by Crippen LogP contribution is -2.26. The number of ketones is 1. The summed E-state index contributed by atoms with van der Waals surface area (Å²) >= 11 is 10.5. The Morgan fingerprint density at radius 3 is 2.37 bits per heavy atom. The predicted octanol–water partition coefficient (Wildman–Crippen LogP) is 5.25. The van der Waals surface area contributed by atoms with Crippen molar-refractivity contribution in [1.29, 1.82) is 0 Å². The SMILES string of the molecule is CN(C(=O)CCC(=O)c1ccc(Cl)cc1)c1nnc(-c2ccc(Br)cc2)s1. The number of benzene rings is 2. The number of hydrogen-bond acceptors (Lipinski definition) is 5. The zero-order valence-corrected chi connectivity index (χ0v) is 17.5. The Bertz CT molecular complexity index is 958. The molecule has 0 aliphatic rings. The first-order valence-corrected chi connectivity index (χ1v) is 10.1. The van der Waals surface area contributed by atoms with Gasteiger partial charge in [0.05, 0.1) is 0 Å². The lowest BCUT2D eigenvalue weighted by molar-refractivity contribution is -0.118. The highest BCUT2D eigenvalue weighted by Gasteiger charge is 2.18. The molecule has 0 unspecified atom stereocenters. The number of halogens is 2. The normalized spacial score (nSPS) is 10.6. The molecule has 0 bridgehead atoms. The summed E-state index contributed by atoms with van der Waals surface area (Å²) in [6, 6.07) is 14.4. The smallest absolute Gasteiger partial charge is 0.229 e. The van der Waals surface area contributed by atoms with Gasteiger partial charge in [-0.15, -0.1) is 10.2 Å². The van der Waals surface area contributed by atoms with Crippen LogP contribution in [-0.4, -0.2) is 28.9 Å². The van der Waals surface area contributed by atoms with E-state index in [1.807, 2.05) is 24.3 Å². The highest BCUT2D eigenvalue weighted by Crippen LogP contribution is 2.29. The standard InChI is InChI=1S/C19H15BrClN3O2S/c1-24(17(26)11-10-16(25)12-4-8-15(21)9-5-12)19-23-22-18(27-19)13-2-6-14(20)7-3-13/h2-9H,10-11H2,1H3. The molecular weight excluding hydrogens is 450 g/mol. The predicted molar refractivity (Wildman–Crippen MR) is 111 cm³/mol. The molecule has 2 aromatic carbocycles. The number of nitrogens with zero attached hydrogens (tertiary/aromatic N) is 3. The van der Waals surface area contributed by atoms with Crippen molar-refractivity contribution < 1.29 is 9.59 Å². The highest BCUT2D eigenvalue weighted by atomic mass is 79.9. The quantitative estimate of drug-likeness (QED) is 0.468. The van der Waals surface area contributed by atoms with Gasteiger partial charge in [0.1, 0.15) is 5.01 Å². The lowest BCUT2D eigenvalue weighted by Gasteiger charge is -2.12. The fourth-order valence-electron chi connectivity index (χ4n) is 2.34. The van der Waals surface area contributed by atoms with E-state index in [0.717, 1.165) is 15.0 Å². The Morgan fingerprint density at radius 1 is 1.04 bits per heavy atom. The molecule has 1 amide bonds. The molecule has 3 aromatic rings. The van der Waals surface area contributed by atoms with Crippen LogP contribution in [0.25, 0.3) is 10.6 Å². The number of aromatic nitrogens is 2. The minimum atomic E-state index is -0.184. The second-order valence-corrected chi connectivity index (χ2v) is 8.09. The third kappa shape index (κ3) is 5.00. The number of carbonyl (C=O) groups excluding carboxylic acids is 2.